The van der Waals surface area contributed by atoms with E-state index in [0.717, 1.165) is 22.6 Å². The van der Waals surface area contributed by atoms with Crippen molar-refractivity contribution in [1.29, 1.82) is 0 Å². The van der Waals surface area contributed by atoms with Crippen molar-refractivity contribution in [2.45, 2.75) is 6.92 Å². The first-order valence-corrected chi connectivity index (χ1v) is 6.77. The summed E-state index contributed by atoms with van der Waals surface area (Å²) in [6.45, 7) is 1.89. The molecule has 0 bridgehead atoms. The summed E-state index contributed by atoms with van der Waals surface area (Å²) in [7, 11) is 4.04. The Labute approximate surface area is 124 Å². The van der Waals surface area contributed by atoms with E-state index >= 15 is 0 Å². The fourth-order valence-electron chi connectivity index (χ4n) is 1.84. The van der Waals surface area contributed by atoms with Crippen LogP contribution in [0.15, 0.2) is 48.8 Å². The van der Waals surface area contributed by atoms with Gasteiger partial charge in [0.25, 0.3) is 0 Å². The molecule has 0 radical (unpaired) electrons. The zero-order chi connectivity index (χ0) is 14.5. The van der Waals surface area contributed by atoms with Crippen LogP contribution in [0.2, 0.25) is 5.02 Å². The van der Waals surface area contributed by atoms with E-state index in [4.69, 9.17) is 11.6 Å². The largest absolute Gasteiger partial charge is 0.378 e. The number of aryl methyl sites for hydroxylation is 1. The highest BCUT2D eigenvalue weighted by Gasteiger charge is 2.03. The first kappa shape index (κ1) is 14.4. The van der Waals surface area contributed by atoms with Crippen molar-refractivity contribution in [3.05, 3.63) is 59.6 Å². The fraction of sp³-hybridized carbons (Fsp3) is 0.188. The molecule has 0 amide bonds. The van der Waals surface area contributed by atoms with Gasteiger partial charge in [0.2, 0.25) is 0 Å². The number of hydrogen-bond donors (Lipinski definition) is 1. The van der Waals surface area contributed by atoms with Gasteiger partial charge in [-0.2, -0.15) is 0 Å². The number of hydrogen-bond acceptors (Lipinski definition) is 2. The number of halogens is 1. The molecule has 0 unspecified atom stereocenters. The standard InChI is InChI=1S/C16H18ClN3/c1-12-18-9-5-8-15(16(17)11-19-12)13-6-4-7-14(10-13)20(2)3/h4-11H,1-3H3,(H,18,19). The second-order valence-corrected chi connectivity index (χ2v) is 5.13. The SMILES string of the molecule is Cc1ncc(Cl)c(-c2cccc(N(C)C)c2)ccc[nH]1. The molecule has 4 heteroatoms. The average molecular weight is 288 g/mol. The van der Waals surface area contributed by atoms with Gasteiger partial charge in [0.15, 0.2) is 0 Å². The molecular formula is C16H18ClN3. The Morgan fingerprint density at radius 2 is 1.95 bits per heavy atom. The van der Waals surface area contributed by atoms with Crippen LogP contribution < -0.4 is 4.90 Å². The van der Waals surface area contributed by atoms with Gasteiger partial charge < -0.3 is 9.88 Å². The van der Waals surface area contributed by atoms with Crippen LogP contribution in [0.5, 0.6) is 0 Å². The van der Waals surface area contributed by atoms with Crippen LogP contribution in [-0.2, 0) is 0 Å². The van der Waals surface area contributed by atoms with Crippen molar-refractivity contribution in [3.8, 4) is 11.1 Å². The van der Waals surface area contributed by atoms with Crippen molar-refractivity contribution in [2.24, 2.45) is 0 Å². The van der Waals surface area contributed by atoms with Crippen LogP contribution in [0.4, 0.5) is 5.69 Å². The number of rotatable bonds is 2. The van der Waals surface area contributed by atoms with E-state index in [-0.39, 0.29) is 0 Å². The summed E-state index contributed by atoms with van der Waals surface area (Å²) in [5.41, 5.74) is 3.15. The first-order valence-electron chi connectivity index (χ1n) is 6.39. The third-order valence-electron chi connectivity index (χ3n) is 2.95. The molecule has 0 spiro atoms. The lowest BCUT2D eigenvalue weighted by atomic mass is 10.1. The first-order chi connectivity index (χ1) is 9.58. The Balaban J connectivity index is 2.61. The van der Waals surface area contributed by atoms with Gasteiger partial charge >= 0.3 is 0 Å². The van der Waals surface area contributed by atoms with E-state index in [1.807, 2.05) is 51.5 Å². The van der Waals surface area contributed by atoms with Crippen molar-refractivity contribution >= 4 is 17.3 Å². The smallest absolute Gasteiger partial charge is 0.102 e. The number of aromatic nitrogens is 2. The van der Waals surface area contributed by atoms with E-state index in [0.29, 0.717) is 5.02 Å². The molecule has 0 aliphatic carbocycles. The van der Waals surface area contributed by atoms with E-state index in [1.54, 1.807) is 6.20 Å². The zero-order valence-electron chi connectivity index (χ0n) is 11.9. The van der Waals surface area contributed by atoms with E-state index in [9.17, 15) is 0 Å². The topological polar surface area (TPSA) is 31.9 Å². The summed E-state index contributed by atoms with van der Waals surface area (Å²) in [5.74, 6) is 0.802. The quantitative estimate of drug-likeness (QED) is 0.896. The second kappa shape index (κ2) is 6.44. The number of aromatic amines is 1. The summed E-state index contributed by atoms with van der Waals surface area (Å²) < 4.78 is 0. The summed E-state index contributed by atoms with van der Waals surface area (Å²) in [6, 6.07) is 12.2. The van der Waals surface area contributed by atoms with Gasteiger partial charge in [0, 0.05) is 37.7 Å². The molecule has 104 valence electrons. The Bertz CT molecular complexity index is 646. The lowest BCUT2D eigenvalue weighted by Gasteiger charge is -2.13. The monoisotopic (exact) mass is 287 g/mol. The molecule has 1 aromatic heterocycles. The van der Waals surface area contributed by atoms with Crippen molar-refractivity contribution in [1.82, 2.24) is 9.97 Å². The van der Waals surface area contributed by atoms with E-state index < -0.39 is 0 Å². The molecule has 1 aromatic carbocycles. The maximum atomic E-state index is 6.37. The van der Waals surface area contributed by atoms with Gasteiger partial charge in [0.1, 0.15) is 5.82 Å². The molecule has 0 aliphatic heterocycles. The molecule has 0 aliphatic rings. The summed E-state index contributed by atoms with van der Waals surface area (Å²) in [4.78, 5) is 9.39. The minimum absolute atomic E-state index is 0.619. The predicted octanol–water partition coefficient (Wildman–Crippen LogP) is 4.23. The highest BCUT2D eigenvalue weighted by Crippen LogP contribution is 2.28. The van der Waals surface area contributed by atoms with Gasteiger partial charge in [-0.1, -0.05) is 29.8 Å². The molecule has 2 rings (SSSR count). The summed E-state index contributed by atoms with van der Waals surface area (Å²) in [6.07, 6.45) is 3.52. The second-order valence-electron chi connectivity index (χ2n) is 4.72. The van der Waals surface area contributed by atoms with Crippen LogP contribution >= 0.6 is 11.6 Å². The van der Waals surface area contributed by atoms with Crippen molar-refractivity contribution in [2.75, 3.05) is 19.0 Å². The normalized spacial score (nSPS) is 10.0. The number of nitrogens with zero attached hydrogens (tertiary/aromatic N) is 2. The Morgan fingerprint density at radius 3 is 2.70 bits per heavy atom. The van der Waals surface area contributed by atoms with Crippen LogP contribution in [0, 0.1) is 6.92 Å². The van der Waals surface area contributed by atoms with E-state index in [2.05, 4.69) is 27.0 Å². The van der Waals surface area contributed by atoms with Gasteiger partial charge in [0.05, 0.1) is 5.02 Å². The molecule has 0 fully saturated rings. The third-order valence-corrected chi connectivity index (χ3v) is 3.25. The molecule has 0 saturated heterocycles. The average Bonchev–Trinajstić information content (AvgIpc) is 2.51. The highest BCUT2D eigenvalue weighted by atomic mass is 35.5. The van der Waals surface area contributed by atoms with Crippen LogP contribution in [-0.4, -0.2) is 24.1 Å². The Morgan fingerprint density at radius 1 is 1.15 bits per heavy atom. The Hall–Kier alpha value is -2.00. The van der Waals surface area contributed by atoms with Crippen molar-refractivity contribution in [3.63, 3.8) is 0 Å². The van der Waals surface area contributed by atoms with Crippen LogP contribution in [0.3, 0.4) is 0 Å². The molecule has 0 atom stereocenters. The van der Waals surface area contributed by atoms with Gasteiger partial charge in [-0.15, -0.1) is 0 Å². The number of benzene rings is 1. The molecule has 2 aromatic rings. The fourth-order valence-corrected chi connectivity index (χ4v) is 2.06. The molecule has 3 nitrogen and oxygen atoms in total. The minimum Gasteiger partial charge on any atom is -0.378 e. The number of H-pyrrole nitrogens is 1. The predicted molar refractivity (Wildman–Crippen MR) is 85.7 cm³/mol. The van der Waals surface area contributed by atoms with Gasteiger partial charge in [-0.3, -0.25) is 0 Å². The number of anilines is 1. The van der Waals surface area contributed by atoms with Gasteiger partial charge in [-0.25, -0.2) is 4.98 Å². The molecule has 1 N–H and O–H groups in total. The lowest BCUT2D eigenvalue weighted by Crippen LogP contribution is -2.08. The maximum Gasteiger partial charge on any atom is 0.102 e. The molecule has 0 saturated carbocycles. The molecular weight excluding hydrogens is 270 g/mol. The van der Waals surface area contributed by atoms with E-state index in [1.165, 1.54) is 0 Å². The highest BCUT2D eigenvalue weighted by molar-refractivity contribution is 6.33. The van der Waals surface area contributed by atoms with Crippen LogP contribution in [0.25, 0.3) is 11.1 Å². The Kier molecular flexibility index (Phi) is 4.64. The minimum atomic E-state index is 0.619. The lowest BCUT2D eigenvalue weighted by molar-refractivity contribution is 1.08. The third kappa shape index (κ3) is 3.52. The molecule has 20 heavy (non-hydrogen) atoms. The number of nitrogens with one attached hydrogen (secondary N) is 1. The maximum absolute atomic E-state index is 6.37. The van der Waals surface area contributed by atoms with Gasteiger partial charge in [-0.05, 0) is 30.7 Å². The zero-order valence-corrected chi connectivity index (χ0v) is 12.6. The summed E-state index contributed by atoms with van der Waals surface area (Å²) >= 11 is 6.37. The molecule has 1 heterocycles. The summed E-state index contributed by atoms with van der Waals surface area (Å²) in [5, 5.41) is 0.619. The van der Waals surface area contributed by atoms with Crippen LogP contribution in [0.1, 0.15) is 5.82 Å². The van der Waals surface area contributed by atoms with Crippen molar-refractivity contribution < 1.29 is 0 Å².